The largest absolute Gasteiger partial charge is 0.386 e. The summed E-state index contributed by atoms with van der Waals surface area (Å²) in [4.78, 5) is 31.9. The number of aliphatic hydroxyl groups is 1. The zero-order valence-electron chi connectivity index (χ0n) is 19.8. The summed E-state index contributed by atoms with van der Waals surface area (Å²) in [5, 5.41) is 12.8. The molecule has 1 saturated heterocycles. The number of hydrogen-bond acceptors (Lipinski definition) is 7. The Bertz CT molecular complexity index is 1170. The van der Waals surface area contributed by atoms with E-state index >= 15 is 0 Å². The van der Waals surface area contributed by atoms with E-state index < -0.39 is 28.6 Å². The first kappa shape index (κ1) is 25.2. The second-order valence-corrected chi connectivity index (χ2v) is 10.4. The molecule has 0 spiro atoms. The number of anilines is 1. The van der Waals surface area contributed by atoms with Crippen LogP contribution in [0.25, 0.3) is 4.91 Å². The molecule has 4 rings (SSSR count). The molecule has 3 heterocycles. The molecule has 0 radical (unpaired) electrons. The van der Waals surface area contributed by atoms with Crippen molar-refractivity contribution >= 4 is 34.3 Å². The van der Waals surface area contributed by atoms with Crippen molar-refractivity contribution in [3.63, 3.8) is 0 Å². The van der Waals surface area contributed by atoms with Crippen molar-refractivity contribution in [2.24, 2.45) is 11.7 Å². The summed E-state index contributed by atoms with van der Waals surface area (Å²) in [5.41, 5.74) is 5.50. The van der Waals surface area contributed by atoms with Crippen LogP contribution in [0.5, 0.6) is 0 Å². The van der Waals surface area contributed by atoms with Gasteiger partial charge in [-0.25, -0.2) is 9.37 Å². The third-order valence-corrected chi connectivity index (χ3v) is 7.34. The molecule has 10 heteroatoms. The standard InChI is InChI=1S/C25H29FN4O4S/c1-14-13-34-10-9-30(14)24(32)19-5-4-6-21(28-19)29-23-17(22(27)31)12-20(35-23)16-8-7-15(11-18(16)26)25(2,3)33/h4-8,11-12,14,17,23,33H,9-10,13H2,1-3H3,(H2,27,31)(H,28,29)/t14-,17?,23?/m1/s1. The predicted molar refractivity (Wildman–Crippen MR) is 133 cm³/mol. The number of nitrogens with two attached hydrogens (primary N) is 1. The monoisotopic (exact) mass is 500 g/mol. The Labute approximate surface area is 207 Å². The van der Waals surface area contributed by atoms with E-state index in [2.05, 4.69) is 10.3 Å². The van der Waals surface area contributed by atoms with E-state index in [9.17, 15) is 19.1 Å². The number of nitrogens with zero attached hydrogens (tertiary/aromatic N) is 2. The van der Waals surface area contributed by atoms with Gasteiger partial charge in [0.25, 0.3) is 5.91 Å². The molecule has 2 aromatic rings. The molecule has 2 aliphatic rings. The third kappa shape index (κ3) is 5.50. The lowest BCUT2D eigenvalue weighted by Gasteiger charge is -2.33. The van der Waals surface area contributed by atoms with Crippen LogP contribution >= 0.6 is 11.8 Å². The number of carbonyl (C=O) groups is 2. The number of ether oxygens (including phenoxy) is 1. The lowest BCUT2D eigenvalue weighted by atomic mass is 9.96. The van der Waals surface area contributed by atoms with E-state index in [1.165, 1.54) is 17.8 Å². The molecule has 0 aliphatic carbocycles. The molecule has 0 saturated carbocycles. The summed E-state index contributed by atoms with van der Waals surface area (Å²) < 4.78 is 20.3. The fourth-order valence-corrected chi connectivity index (χ4v) is 5.39. The minimum atomic E-state index is -1.18. The molecule has 1 aromatic carbocycles. The maximum atomic E-state index is 14.9. The van der Waals surface area contributed by atoms with Gasteiger partial charge in [0, 0.05) is 17.0 Å². The smallest absolute Gasteiger partial charge is 0.272 e. The molecule has 1 aromatic heterocycles. The number of hydrogen-bond donors (Lipinski definition) is 3. The lowest BCUT2D eigenvalue weighted by Crippen LogP contribution is -2.47. The van der Waals surface area contributed by atoms with Crippen LogP contribution in [0.4, 0.5) is 10.2 Å². The van der Waals surface area contributed by atoms with Crippen molar-refractivity contribution in [3.05, 3.63) is 65.1 Å². The zero-order valence-corrected chi connectivity index (χ0v) is 20.6. The molecule has 186 valence electrons. The van der Waals surface area contributed by atoms with Gasteiger partial charge in [0.1, 0.15) is 17.3 Å². The molecule has 2 amide bonds. The summed E-state index contributed by atoms with van der Waals surface area (Å²) >= 11 is 1.26. The molecule has 8 nitrogen and oxygen atoms in total. The van der Waals surface area contributed by atoms with Gasteiger partial charge in [-0.3, -0.25) is 9.59 Å². The Morgan fingerprint density at radius 2 is 2.09 bits per heavy atom. The quantitative estimate of drug-likeness (QED) is 0.558. The number of carbonyl (C=O) groups excluding carboxylic acids is 2. The molecule has 4 N–H and O–H groups in total. The van der Waals surface area contributed by atoms with Crippen LogP contribution in [0.2, 0.25) is 0 Å². The fourth-order valence-electron chi connectivity index (χ4n) is 4.06. The summed E-state index contributed by atoms with van der Waals surface area (Å²) in [6, 6.07) is 9.55. The topological polar surface area (TPSA) is 118 Å². The van der Waals surface area contributed by atoms with Gasteiger partial charge in [-0.1, -0.05) is 36.0 Å². The Morgan fingerprint density at radius 1 is 1.31 bits per heavy atom. The number of rotatable bonds is 6. The van der Waals surface area contributed by atoms with Crippen molar-refractivity contribution in [1.29, 1.82) is 0 Å². The van der Waals surface area contributed by atoms with Crippen molar-refractivity contribution in [3.8, 4) is 0 Å². The average molecular weight is 501 g/mol. The summed E-state index contributed by atoms with van der Waals surface area (Å²) in [6.07, 6.45) is 1.64. The molecular weight excluding hydrogens is 471 g/mol. The van der Waals surface area contributed by atoms with Gasteiger partial charge in [-0.2, -0.15) is 0 Å². The van der Waals surface area contributed by atoms with Gasteiger partial charge in [0.2, 0.25) is 5.91 Å². The molecule has 35 heavy (non-hydrogen) atoms. The summed E-state index contributed by atoms with van der Waals surface area (Å²) in [7, 11) is 0. The van der Waals surface area contributed by atoms with E-state index in [1.807, 2.05) is 6.92 Å². The van der Waals surface area contributed by atoms with E-state index in [0.29, 0.717) is 41.6 Å². The third-order valence-electron chi connectivity index (χ3n) is 6.07. The van der Waals surface area contributed by atoms with Gasteiger partial charge in [0.05, 0.1) is 36.1 Å². The predicted octanol–water partition coefficient (Wildman–Crippen LogP) is 2.94. The minimum absolute atomic E-state index is 0.0521. The molecule has 1 fully saturated rings. The highest BCUT2D eigenvalue weighted by molar-refractivity contribution is 8.09. The van der Waals surface area contributed by atoms with Gasteiger partial charge in [-0.15, -0.1) is 0 Å². The maximum absolute atomic E-state index is 14.9. The van der Waals surface area contributed by atoms with Gasteiger partial charge in [-0.05, 0) is 44.5 Å². The number of primary amides is 1. The number of aromatic nitrogens is 1. The Morgan fingerprint density at radius 3 is 2.74 bits per heavy atom. The number of thioether (sulfide) groups is 1. The van der Waals surface area contributed by atoms with Crippen LogP contribution in [0.3, 0.4) is 0 Å². The number of morpholine rings is 1. The SMILES string of the molecule is C[C@@H]1COCCN1C(=O)c1cccc(NC2SC(c3ccc(C(C)(C)O)cc3F)=CC2C(N)=O)n1. The highest BCUT2D eigenvalue weighted by Gasteiger charge is 2.35. The Balaban J connectivity index is 1.53. The first-order chi connectivity index (χ1) is 16.5. The molecule has 2 aliphatic heterocycles. The lowest BCUT2D eigenvalue weighted by molar-refractivity contribution is -0.120. The fraction of sp³-hybridized carbons (Fsp3) is 0.400. The van der Waals surface area contributed by atoms with E-state index in [1.54, 1.807) is 55.2 Å². The van der Waals surface area contributed by atoms with Crippen molar-refractivity contribution in [1.82, 2.24) is 9.88 Å². The van der Waals surface area contributed by atoms with Crippen molar-refractivity contribution in [2.75, 3.05) is 25.1 Å². The van der Waals surface area contributed by atoms with Crippen LogP contribution in [-0.2, 0) is 15.1 Å². The Kier molecular flexibility index (Phi) is 7.16. The molecular formula is C25H29FN4O4S. The molecule has 2 unspecified atom stereocenters. The number of amides is 2. The zero-order chi connectivity index (χ0) is 25.3. The number of benzene rings is 1. The second-order valence-electron chi connectivity index (χ2n) is 9.23. The van der Waals surface area contributed by atoms with Crippen LogP contribution in [0.1, 0.15) is 42.4 Å². The first-order valence-corrected chi connectivity index (χ1v) is 12.3. The number of nitrogens with one attached hydrogen (secondary N) is 1. The van der Waals surface area contributed by atoms with Crippen LogP contribution in [0.15, 0.2) is 42.5 Å². The Hall–Kier alpha value is -2.95. The average Bonchev–Trinajstić information content (AvgIpc) is 3.22. The second kappa shape index (κ2) is 9.96. The normalized spacial score (nSPS) is 22.6. The van der Waals surface area contributed by atoms with Crippen LogP contribution < -0.4 is 11.1 Å². The van der Waals surface area contributed by atoms with Crippen LogP contribution in [0, 0.1) is 11.7 Å². The number of pyridine rings is 1. The van der Waals surface area contributed by atoms with Crippen molar-refractivity contribution in [2.45, 2.75) is 37.8 Å². The first-order valence-electron chi connectivity index (χ1n) is 11.4. The van der Waals surface area contributed by atoms with Gasteiger partial charge in [0.15, 0.2) is 0 Å². The summed E-state index contributed by atoms with van der Waals surface area (Å²) in [5.74, 6) is -1.56. The van der Waals surface area contributed by atoms with Crippen LogP contribution in [-0.4, -0.2) is 58.0 Å². The van der Waals surface area contributed by atoms with Crippen molar-refractivity contribution < 1.29 is 23.8 Å². The summed E-state index contributed by atoms with van der Waals surface area (Å²) in [6.45, 7) is 6.54. The number of halogens is 1. The molecule has 0 bridgehead atoms. The van der Waals surface area contributed by atoms with E-state index in [0.717, 1.165) is 0 Å². The highest BCUT2D eigenvalue weighted by Crippen LogP contribution is 2.43. The molecule has 3 atom stereocenters. The maximum Gasteiger partial charge on any atom is 0.272 e. The highest BCUT2D eigenvalue weighted by atomic mass is 32.2. The van der Waals surface area contributed by atoms with Gasteiger partial charge < -0.3 is 25.8 Å². The minimum Gasteiger partial charge on any atom is -0.386 e. The van der Waals surface area contributed by atoms with E-state index in [-0.39, 0.29) is 17.6 Å². The van der Waals surface area contributed by atoms with Gasteiger partial charge >= 0.3 is 0 Å². The van der Waals surface area contributed by atoms with E-state index in [4.69, 9.17) is 10.5 Å².